The first-order valence-electron chi connectivity index (χ1n) is 6.95. The molecule has 0 bridgehead atoms. The van der Waals surface area contributed by atoms with Gasteiger partial charge in [-0.2, -0.15) is 5.10 Å². The maximum absolute atomic E-state index is 5.45. The number of aromatic amines is 1. The van der Waals surface area contributed by atoms with Gasteiger partial charge in [-0.05, 0) is 26.2 Å². The van der Waals surface area contributed by atoms with E-state index >= 15 is 0 Å². The summed E-state index contributed by atoms with van der Waals surface area (Å²) in [5.41, 5.74) is 0. The van der Waals surface area contributed by atoms with Gasteiger partial charge in [-0.3, -0.25) is 5.10 Å². The van der Waals surface area contributed by atoms with E-state index in [0.717, 1.165) is 31.0 Å². The lowest BCUT2D eigenvalue weighted by Crippen LogP contribution is -2.34. The molecule has 3 heterocycles. The van der Waals surface area contributed by atoms with Crippen molar-refractivity contribution >= 4 is 5.82 Å². The molecular weight excluding hydrogens is 256 g/mol. The topological polar surface area (TPSA) is 79.8 Å². The van der Waals surface area contributed by atoms with E-state index in [-0.39, 0.29) is 6.04 Å². The van der Waals surface area contributed by atoms with Crippen molar-refractivity contribution in [3.8, 4) is 5.88 Å². The summed E-state index contributed by atoms with van der Waals surface area (Å²) < 4.78 is 5.45. The van der Waals surface area contributed by atoms with E-state index in [4.69, 9.17) is 4.74 Å². The van der Waals surface area contributed by atoms with Crippen molar-refractivity contribution in [2.45, 2.75) is 32.2 Å². The second-order valence-corrected chi connectivity index (χ2v) is 4.72. The molecule has 0 aromatic carbocycles. The molecule has 1 atom stereocenters. The van der Waals surface area contributed by atoms with Crippen LogP contribution in [0.2, 0.25) is 0 Å². The summed E-state index contributed by atoms with van der Waals surface area (Å²) in [6.45, 7) is 3.50. The standard InChI is InChI=1S/C13H18N6O/c1-2-20-12-7-11(14-8-15-12)19-6-4-3-5-10(19)13-16-9-17-18-13/h7-10H,2-6H2,1H3,(H,16,17,18). The van der Waals surface area contributed by atoms with Gasteiger partial charge in [-0.25, -0.2) is 15.0 Å². The summed E-state index contributed by atoms with van der Waals surface area (Å²) in [6.07, 6.45) is 6.48. The Morgan fingerprint density at radius 2 is 2.25 bits per heavy atom. The van der Waals surface area contributed by atoms with Crippen LogP contribution in [0.15, 0.2) is 18.7 Å². The summed E-state index contributed by atoms with van der Waals surface area (Å²) in [5, 5.41) is 6.92. The molecule has 106 valence electrons. The maximum Gasteiger partial charge on any atom is 0.218 e. The minimum Gasteiger partial charge on any atom is -0.478 e. The zero-order valence-electron chi connectivity index (χ0n) is 11.5. The van der Waals surface area contributed by atoms with E-state index in [1.165, 1.54) is 6.42 Å². The lowest BCUT2D eigenvalue weighted by Gasteiger charge is -2.35. The van der Waals surface area contributed by atoms with Crippen LogP contribution in [-0.4, -0.2) is 38.3 Å². The van der Waals surface area contributed by atoms with Gasteiger partial charge in [0.2, 0.25) is 5.88 Å². The minimum absolute atomic E-state index is 0.190. The maximum atomic E-state index is 5.45. The van der Waals surface area contributed by atoms with Gasteiger partial charge < -0.3 is 9.64 Å². The van der Waals surface area contributed by atoms with Crippen molar-refractivity contribution in [1.29, 1.82) is 0 Å². The Kier molecular flexibility index (Phi) is 3.76. The number of ether oxygens (including phenoxy) is 1. The van der Waals surface area contributed by atoms with Crippen LogP contribution >= 0.6 is 0 Å². The molecule has 1 unspecified atom stereocenters. The third-order valence-corrected chi connectivity index (χ3v) is 3.47. The van der Waals surface area contributed by atoms with Gasteiger partial charge in [0, 0.05) is 12.6 Å². The van der Waals surface area contributed by atoms with E-state index in [0.29, 0.717) is 12.5 Å². The zero-order valence-corrected chi connectivity index (χ0v) is 11.5. The molecule has 1 aliphatic heterocycles. The van der Waals surface area contributed by atoms with Gasteiger partial charge in [0.25, 0.3) is 0 Å². The predicted octanol–water partition coefficient (Wildman–Crippen LogP) is 1.72. The molecular formula is C13H18N6O. The third-order valence-electron chi connectivity index (χ3n) is 3.47. The highest BCUT2D eigenvalue weighted by Gasteiger charge is 2.27. The number of anilines is 1. The van der Waals surface area contributed by atoms with E-state index in [2.05, 4.69) is 30.0 Å². The Hall–Kier alpha value is -2.18. The molecule has 1 N–H and O–H groups in total. The Morgan fingerprint density at radius 1 is 1.30 bits per heavy atom. The monoisotopic (exact) mass is 274 g/mol. The molecule has 0 saturated carbocycles. The highest BCUT2D eigenvalue weighted by atomic mass is 16.5. The SMILES string of the molecule is CCOc1cc(N2CCCCC2c2ncn[nH]2)ncn1. The quantitative estimate of drug-likeness (QED) is 0.914. The molecule has 7 heteroatoms. The molecule has 1 saturated heterocycles. The Bertz CT molecular complexity index is 544. The van der Waals surface area contributed by atoms with Crippen molar-refractivity contribution in [2.75, 3.05) is 18.1 Å². The highest BCUT2D eigenvalue weighted by molar-refractivity contribution is 5.43. The summed E-state index contributed by atoms with van der Waals surface area (Å²) in [7, 11) is 0. The first-order chi connectivity index (χ1) is 9.88. The normalized spacial score (nSPS) is 19.1. The fourth-order valence-electron chi connectivity index (χ4n) is 2.58. The van der Waals surface area contributed by atoms with Gasteiger partial charge in [-0.1, -0.05) is 0 Å². The minimum atomic E-state index is 0.190. The lowest BCUT2D eigenvalue weighted by molar-refractivity contribution is 0.325. The average Bonchev–Trinajstić information content (AvgIpc) is 3.02. The number of nitrogens with one attached hydrogen (secondary N) is 1. The second-order valence-electron chi connectivity index (χ2n) is 4.72. The molecule has 0 radical (unpaired) electrons. The number of nitrogens with zero attached hydrogens (tertiary/aromatic N) is 5. The fraction of sp³-hybridized carbons (Fsp3) is 0.538. The van der Waals surface area contributed by atoms with Gasteiger partial charge in [-0.15, -0.1) is 0 Å². The van der Waals surface area contributed by atoms with E-state index in [1.54, 1.807) is 12.7 Å². The first kappa shape index (κ1) is 12.8. The average molecular weight is 274 g/mol. The Balaban J connectivity index is 1.87. The van der Waals surface area contributed by atoms with Crippen molar-refractivity contribution in [3.05, 3.63) is 24.5 Å². The van der Waals surface area contributed by atoms with Gasteiger partial charge >= 0.3 is 0 Å². The Labute approximate surface area is 117 Å². The summed E-state index contributed by atoms with van der Waals surface area (Å²) in [5.74, 6) is 2.38. The summed E-state index contributed by atoms with van der Waals surface area (Å²) in [4.78, 5) is 15.0. The fourth-order valence-corrected chi connectivity index (χ4v) is 2.58. The van der Waals surface area contributed by atoms with Crippen LogP contribution in [0.25, 0.3) is 0 Å². The van der Waals surface area contributed by atoms with Crippen LogP contribution in [0, 0.1) is 0 Å². The van der Waals surface area contributed by atoms with Crippen LogP contribution in [0.1, 0.15) is 38.1 Å². The highest BCUT2D eigenvalue weighted by Crippen LogP contribution is 2.32. The van der Waals surface area contributed by atoms with E-state index in [1.807, 2.05) is 13.0 Å². The Morgan fingerprint density at radius 3 is 3.05 bits per heavy atom. The van der Waals surface area contributed by atoms with Crippen LogP contribution in [0.4, 0.5) is 5.82 Å². The number of H-pyrrole nitrogens is 1. The predicted molar refractivity (Wildman–Crippen MR) is 73.5 cm³/mol. The van der Waals surface area contributed by atoms with Crippen molar-refractivity contribution < 1.29 is 4.74 Å². The molecule has 0 aliphatic carbocycles. The number of piperidine rings is 1. The smallest absolute Gasteiger partial charge is 0.218 e. The summed E-state index contributed by atoms with van der Waals surface area (Å²) in [6, 6.07) is 2.08. The zero-order chi connectivity index (χ0) is 13.8. The van der Waals surface area contributed by atoms with E-state index < -0.39 is 0 Å². The van der Waals surface area contributed by atoms with Gasteiger partial charge in [0.05, 0.1) is 12.6 Å². The van der Waals surface area contributed by atoms with Crippen LogP contribution in [0.5, 0.6) is 5.88 Å². The molecule has 1 aliphatic rings. The second kappa shape index (κ2) is 5.85. The summed E-state index contributed by atoms with van der Waals surface area (Å²) >= 11 is 0. The largest absolute Gasteiger partial charge is 0.478 e. The van der Waals surface area contributed by atoms with Crippen LogP contribution in [-0.2, 0) is 0 Å². The molecule has 20 heavy (non-hydrogen) atoms. The number of aromatic nitrogens is 5. The van der Waals surface area contributed by atoms with Crippen molar-refractivity contribution in [1.82, 2.24) is 25.1 Å². The molecule has 0 amide bonds. The van der Waals surface area contributed by atoms with Gasteiger partial charge in [0.1, 0.15) is 24.3 Å². The van der Waals surface area contributed by atoms with Crippen molar-refractivity contribution in [2.24, 2.45) is 0 Å². The molecule has 2 aromatic rings. The lowest BCUT2D eigenvalue weighted by atomic mass is 10.0. The third kappa shape index (κ3) is 2.56. The number of rotatable bonds is 4. The van der Waals surface area contributed by atoms with Crippen LogP contribution in [0.3, 0.4) is 0 Å². The molecule has 1 fully saturated rings. The molecule has 7 nitrogen and oxygen atoms in total. The number of hydrogen-bond acceptors (Lipinski definition) is 6. The molecule has 0 spiro atoms. The van der Waals surface area contributed by atoms with Gasteiger partial charge in [0.15, 0.2) is 0 Å². The number of hydrogen-bond donors (Lipinski definition) is 1. The first-order valence-corrected chi connectivity index (χ1v) is 6.95. The molecule has 3 rings (SSSR count). The van der Waals surface area contributed by atoms with Crippen LogP contribution < -0.4 is 9.64 Å². The molecule has 2 aromatic heterocycles. The van der Waals surface area contributed by atoms with E-state index in [9.17, 15) is 0 Å². The van der Waals surface area contributed by atoms with Crippen molar-refractivity contribution in [3.63, 3.8) is 0 Å².